The number of hydrogen-bond acceptors (Lipinski definition) is 4. The van der Waals surface area contributed by atoms with Gasteiger partial charge >= 0.3 is 0 Å². The van der Waals surface area contributed by atoms with Crippen molar-refractivity contribution >= 4 is 39.3 Å². The van der Waals surface area contributed by atoms with E-state index in [4.69, 9.17) is 21.1 Å². The number of halogens is 2. The number of ether oxygens (including phenoxy) is 2. The van der Waals surface area contributed by atoms with Crippen LogP contribution < -0.4 is 20.3 Å². The quantitative estimate of drug-likeness (QED) is 0.619. The molecule has 2 aromatic carbocycles. The molecule has 6 nitrogen and oxygen atoms in total. The number of benzene rings is 2. The second-order valence-corrected chi connectivity index (χ2v) is 7.39. The predicted molar refractivity (Wildman–Crippen MR) is 107 cm³/mol. The molecule has 0 saturated carbocycles. The highest BCUT2D eigenvalue weighted by atomic mass is 79.9. The molecule has 0 heterocycles. The fraction of sp³-hybridized carbons (Fsp3) is 0.263. The van der Waals surface area contributed by atoms with Gasteiger partial charge in [-0.25, -0.2) is 0 Å². The van der Waals surface area contributed by atoms with Crippen LogP contribution in [0, 0.1) is 5.92 Å². The Morgan fingerprint density at radius 3 is 2.41 bits per heavy atom. The zero-order valence-electron chi connectivity index (χ0n) is 14.9. The highest BCUT2D eigenvalue weighted by Crippen LogP contribution is 2.27. The lowest BCUT2D eigenvalue weighted by atomic mass is 10.2. The van der Waals surface area contributed by atoms with Crippen molar-refractivity contribution in [3.8, 4) is 11.5 Å². The first-order valence-electron chi connectivity index (χ1n) is 8.25. The van der Waals surface area contributed by atoms with Gasteiger partial charge < -0.3 is 9.47 Å². The van der Waals surface area contributed by atoms with E-state index in [9.17, 15) is 9.59 Å². The summed E-state index contributed by atoms with van der Waals surface area (Å²) in [6.45, 7) is 4.45. The van der Waals surface area contributed by atoms with Crippen molar-refractivity contribution in [2.24, 2.45) is 5.92 Å². The molecule has 0 aliphatic heterocycles. The van der Waals surface area contributed by atoms with Gasteiger partial charge in [-0.1, -0.05) is 25.4 Å². The standard InChI is InChI=1S/C19H20BrClN2O4/c1-12(2)10-26-15-6-3-13(4-7-15)19(25)23-22-18(24)11-27-17-8-5-14(21)9-16(17)20/h3-9,12H,10-11H2,1-2H3,(H,22,24)(H,23,25). The minimum absolute atomic E-state index is 0.261. The van der Waals surface area contributed by atoms with Gasteiger partial charge in [0.25, 0.3) is 11.8 Å². The van der Waals surface area contributed by atoms with Crippen LogP contribution in [-0.2, 0) is 4.79 Å². The van der Waals surface area contributed by atoms with Crippen LogP contribution in [0.25, 0.3) is 0 Å². The summed E-state index contributed by atoms with van der Waals surface area (Å²) in [5.74, 6) is 0.636. The average Bonchev–Trinajstić information content (AvgIpc) is 2.64. The zero-order chi connectivity index (χ0) is 19.8. The van der Waals surface area contributed by atoms with Crippen LogP contribution in [0.15, 0.2) is 46.9 Å². The minimum atomic E-state index is -0.498. The Kier molecular flexibility index (Phi) is 7.94. The van der Waals surface area contributed by atoms with Crippen LogP contribution in [0.4, 0.5) is 0 Å². The average molecular weight is 456 g/mol. The van der Waals surface area contributed by atoms with Gasteiger partial charge in [0.05, 0.1) is 11.1 Å². The summed E-state index contributed by atoms with van der Waals surface area (Å²) in [6, 6.07) is 11.6. The molecule has 0 atom stereocenters. The minimum Gasteiger partial charge on any atom is -0.493 e. The molecule has 144 valence electrons. The Morgan fingerprint density at radius 1 is 1.07 bits per heavy atom. The zero-order valence-corrected chi connectivity index (χ0v) is 17.3. The van der Waals surface area contributed by atoms with Crippen LogP contribution in [0.1, 0.15) is 24.2 Å². The third-order valence-electron chi connectivity index (χ3n) is 3.27. The molecule has 0 bridgehead atoms. The molecule has 0 aliphatic carbocycles. The molecule has 2 rings (SSSR count). The second-order valence-electron chi connectivity index (χ2n) is 6.09. The fourth-order valence-corrected chi connectivity index (χ4v) is 2.73. The molecular weight excluding hydrogens is 436 g/mol. The normalized spacial score (nSPS) is 10.4. The summed E-state index contributed by atoms with van der Waals surface area (Å²) in [6.07, 6.45) is 0. The van der Waals surface area contributed by atoms with E-state index >= 15 is 0 Å². The number of carbonyl (C=O) groups is 2. The first-order chi connectivity index (χ1) is 12.8. The lowest BCUT2D eigenvalue weighted by Gasteiger charge is -2.11. The van der Waals surface area contributed by atoms with Crippen molar-refractivity contribution in [3.05, 3.63) is 57.5 Å². The first-order valence-corrected chi connectivity index (χ1v) is 9.42. The van der Waals surface area contributed by atoms with Gasteiger partial charge in [-0.15, -0.1) is 0 Å². The van der Waals surface area contributed by atoms with E-state index < -0.39 is 11.8 Å². The number of hydrazine groups is 1. The maximum absolute atomic E-state index is 12.1. The molecule has 0 saturated heterocycles. The number of rotatable bonds is 7. The Morgan fingerprint density at radius 2 is 1.78 bits per heavy atom. The maximum atomic E-state index is 12.1. The smallest absolute Gasteiger partial charge is 0.276 e. The highest BCUT2D eigenvalue weighted by Gasteiger charge is 2.09. The molecule has 0 spiro atoms. The van der Waals surface area contributed by atoms with Gasteiger partial charge in [-0.2, -0.15) is 0 Å². The second kappa shape index (κ2) is 10.2. The van der Waals surface area contributed by atoms with Gasteiger partial charge in [0.2, 0.25) is 0 Å². The summed E-state index contributed by atoms with van der Waals surface area (Å²) < 4.78 is 11.6. The van der Waals surface area contributed by atoms with E-state index in [0.29, 0.717) is 39.1 Å². The van der Waals surface area contributed by atoms with Gasteiger partial charge in [-0.3, -0.25) is 20.4 Å². The molecule has 27 heavy (non-hydrogen) atoms. The monoisotopic (exact) mass is 454 g/mol. The fourth-order valence-electron chi connectivity index (χ4n) is 1.94. The van der Waals surface area contributed by atoms with Gasteiger partial charge in [0, 0.05) is 10.6 Å². The molecule has 8 heteroatoms. The number of carbonyl (C=O) groups excluding carboxylic acids is 2. The van der Waals surface area contributed by atoms with Crippen molar-refractivity contribution in [3.63, 3.8) is 0 Å². The molecule has 0 fully saturated rings. The molecule has 0 radical (unpaired) electrons. The lowest BCUT2D eigenvalue weighted by Crippen LogP contribution is -2.43. The van der Waals surface area contributed by atoms with Crippen LogP contribution in [-0.4, -0.2) is 25.0 Å². The third-order valence-corrected chi connectivity index (χ3v) is 4.12. The summed E-state index contributed by atoms with van der Waals surface area (Å²) >= 11 is 9.14. The van der Waals surface area contributed by atoms with Crippen LogP contribution in [0.3, 0.4) is 0 Å². The molecule has 2 N–H and O–H groups in total. The van der Waals surface area contributed by atoms with Gasteiger partial charge in [-0.05, 0) is 64.3 Å². The van der Waals surface area contributed by atoms with E-state index in [1.807, 2.05) is 0 Å². The summed E-state index contributed by atoms with van der Waals surface area (Å²) in [5, 5.41) is 0.548. The van der Waals surface area contributed by atoms with Crippen LogP contribution in [0.5, 0.6) is 11.5 Å². The summed E-state index contributed by atoms with van der Waals surface area (Å²) in [5.41, 5.74) is 5.03. The molecule has 2 aromatic rings. The Hall–Kier alpha value is -2.25. The molecule has 0 aromatic heterocycles. The summed E-state index contributed by atoms with van der Waals surface area (Å²) in [4.78, 5) is 23.9. The van der Waals surface area contributed by atoms with Gasteiger partial charge in [0.1, 0.15) is 11.5 Å². The third kappa shape index (κ3) is 7.11. The Labute approximate surface area is 171 Å². The number of nitrogens with one attached hydrogen (secondary N) is 2. The number of amides is 2. The molecule has 0 aliphatic rings. The largest absolute Gasteiger partial charge is 0.493 e. The first kappa shape index (κ1) is 21.1. The van der Waals surface area contributed by atoms with Crippen molar-refractivity contribution in [1.29, 1.82) is 0 Å². The Balaban J connectivity index is 1.78. The molecule has 2 amide bonds. The predicted octanol–water partition coefficient (Wildman–Crippen LogP) is 3.98. The van der Waals surface area contributed by atoms with Crippen molar-refractivity contribution in [2.45, 2.75) is 13.8 Å². The van der Waals surface area contributed by atoms with Crippen LogP contribution >= 0.6 is 27.5 Å². The van der Waals surface area contributed by atoms with E-state index in [-0.39, 0.29) is 6.61 Å². The SMILES string of the molecule is CC(C)COc1ccc(C(=O)NNC(=O)COc2ccc(Cl)cc2Br)cc1. The van der Waals surface area contributed by atoms with Crippen LogP contribution in [0.2, 0.25) is 5.02 Å². The maximum Gasteiger partial charge on any atom is 0.276 e. The van der Waals surface area contributed by atoms with E-state index in [0.717, 1.165) is 0 Å². The molecular formula is C19H20BrClN2O4. The van der Waals surface area contributed by atoms with E-state index in [1.165, 1.54) is 0 Å². The topological polar surface area (TPSA) is 76.7 Å². The summed E-state index contributed by atoms with van der Waals surface area (Å²) in [7, 11) is 0. The molecule has 0 unspecified atom stereocenters. The van der Waals surface area contributed by atoms with Crippen molar-refractivity contribution < 1.29 is 19.1 Å². The highest BCUT2D eigenvalue weighted by molar-refractivity contribution is 9.10. The van der Waals surface area contributed by atoms with Crippen molar-refractivity contribution in [2.75, 3.05) is 13.2 Å². The Bertz CT molecular complexity index is 797. The van der Waals surface area contributed by atoms with Crippen molar-refractivity contribution in [1.82, 2.24) is 10.9 Å². The van der Waals surface area contributed by atoms with Gasteiger partial charge in [0.15, 0.2) is 6.61 Å². The lowest BCUT2D eigenvalue weighted by molar-refractivity contribution is -0.123. The van der Waals surface area contributed by atoms with E-state index in [1.54, 1.807) is 42.5 Å². The van der Waals surface area contributed by atoms with E-state index in [2.05, 4.69) is 40.6 Å². The number of hydrogen-bond donors (Lipinski definition) is 2.